The molecule has 0 saturated carbocycles. The molecule has 4 rings (SSSR count). The predicted octanol–water partition coefficient (Wildman–Crippen LogP) is 3.57. The molecule has 27 heavy (non-hydrogen) atoms. The van der Waals surface area contributed by atoms with E-state index in [1.807, 2.05) is 47.8 Å². The van der Waals surface area contributed by atoms with Crippen molar-refractivity contribution in [3.8, 4) is 21.8 Å². The van der Waals surface area contributed by atoms with E-state index in [9.17, 15) is 4.79 Å². The minimum Gasteiger partial charge on any atom is -0.352 e. The Morgan fingerprint density at radius 2 is 1.96 bits per heavy atom. The molecule has 0 spiro atoms. The summed E-state index contributed by atoms with van der Waals surface area (Å²) in [6.07, 6.45) is 5.94. The Labute approximate surface area is 160 Å². The van der Waals surface area contributed by atoms with Crippen molar-refractivity contribution in [3.05, 3.63) is 77.7 Å². The molecular formula is C20H17N5OS. The van der Waals surface area contributed by atoms with Gasteiger partial charge in [-0.15, -0.1) is 11.3 Å². The van der Waals surface area contributed by atoms with Crippen LogP contribution in [0.15, 0.2) is 66.4 Å². The zero-order valence-corrected chi connectivity index (χ0v) is 15.2. The number of aromatic amines is 1. The summed E-state index contributed by atoms with van der Waals surface area (Å²) < 4.78 is 0. The number of amides is 1. The van der Waals surface area contributed by atoms with Crippen molar-refractivity contribution >= 4 is 17.2 Å². The molecule has 4 aromatic rings. The average molecular weight is 375 g/mol. The van der Waals surface area contributed by atoms with E-state index < -0.39 is 0 Å². The SMILES string of the molecule is O=C(NCCc1csc(-c2cccnc2)n1)c1ccc(-c2ccn[nH]2)cc1. The Balaban J connectivity index is 1.31. The van der Waals surface area contributed by atoms with E-state index in [-0.39, 0.29) is 5.91 Å². The molecule has 0 bridgehead atoms. The molecule has 2 N–H and O–H groups in total. The fourth-order valence-electron chi connectivity index (χ4n) is 2.67. The second kappa shape index (κ2) is 7.92. The Morgan fingerprint density at radius 1 is 1.07 bits per heavy atom. The number of pyridine rings is 1. The molecule has 7 heteroatoms. The van der Waals surface area contributed by atoms with Crippen LogP contribution < -0.4 is 5.32 Å². The number of hydrogen-bond donors (Lipinski definition) is 2. The van der Waals surface area contributed by atoms with Crippen molar-refractivity contribution in [1.29, 1.82) is 0 Å². The normalized spacial score (nSPS) is 10.7. The number of benzene rings is 1. The lowest BCUT2D eigenvalue weighted by Crippen LogP contribution is -2.25. The molecule has 3 heterocycles. The highest BCUT2D eigenvalue weighted by molar-refractivity contribution is 7.13. The van der Waals surface area contributed by atoms with Crippen molar-refractivity contribution in [2.75, 3.05) is 6.54 Å². The van der Waals surface area contributed by atoms with Gasteiger partial charge >= 0.3 is 0 Å². The number of carbonyl (C=O) groups is 1. The molecular weight excluding hydrogens is 358 g/mol. The van der Waals surface area contributed by atoms with Crippen molar-refractivity contribution in [2.45, 2.75) is 6.42 Å². The molecule has 0 aliphatic carbocycles. The predicted molar refractivity (Wildman–Crippen MR) is 105 cm³/mol. The number of nitrogens with zero attached hydrogens (tertiary/aromatic N) is 3. The molecule has 0 fully saturated rings. The molecule has 0 radical (unpaired) electrons. The van der Waals surface area contributed by atoms with Gasteiger partial charge in [0.2, 0.25) is 0 Å². The number of carbonyl (C=O) groups excluding carboxylic acids is 1. The quantitative estimate of drug-likeness (QED) is 0.540. The molecule has 0 saturated heterocycles. The maximum Gasteiger partial charge on any atom is 0.251 e. The van der Waals surface area contributed by atoms with Crippen LogP contribution in [0.25, 0.3) is 21.8 Å². The molecule has 3 aromatic heterocycles. The van der Waals surface area contributed by atoms with Gasteiger partial charge in [-0.1, -0.05) is 12.1 Å². The number of H-pyrrole nitrogens is 1. The zero-order chi connectivity index (χ0) is 18.5. The summed E-state index contributed by atoms with van der Waals surface area (Å²) in [6.45, 7) is 0.539. The second-order valence-corrected chi connectivity index (χ2v) is 6.80. The van der Waals surface area contributed by atoms with E-state index in [4.69, 9.17) is 0 Å². The summed E-state index contributed by atoms with van der Waals surface area (Å²) in [5.74, 6) is -0.0890. The minimum absolute atomic E-state index is 0.0890. The summed E-state index contributed by atoms with van der Waals surface area (Å²) in [4.78, 5) is 21.0. The van der Waals surface area contributed by atoms with Crippen LogP contribution in [0.2, 0.25) is 0 Å². The van der Waals surface area contributed by atoms with Gasteiger partial charge in [-0.25, -0.2) is 4.98 Å². The van der Waals surface area contributed by atoms with Crippen LogP contribution in [0.3, 0.4) is 0 Å². The van der Waals surface area contributed by atoms with E-state index in [0.29, 0.717) is 18.5 Å². The van der Waals surface area contributed by atoms with Gasteiger partial charge in [-0.05, 0) is 35.9 Å². The van der Waals surface area contributed by atoms with E-state index in [1.165, 1.54) is 0 Å². The zero-order valence-electron chi connectivity index (χ0n) is 14.4. The first-order valence-corrected chi connectivity index (χ1v) is 9.40. The molecule has 0 unspecified atom stereocenters. The first-order chi connectivity index (χ1) is 13.3. The molecule has 0 aliphatic rings. The number of nitrogens with one attached hydrogen (secondary N) is 2. The van der Waals surface area contributed by atoms with Crippen LogP contribution in [0, 0.1) is 0 Å². The molecule has 0 aliphatic heterocycles. The van der Waals surface area contributed by atoms with Crippen molar-refractivity contribution in [3.63, 3.8) is 0 Å². The summed E-state index contributed by atoms with van der Waals surface area (Å²) in [5.41, 5.74) is 4.53. The van der Waals surface area contributed by atoms with Gasteiger partial charge in [0.15, 0.2) is 0 Å². The number of aromatic nitrogens is 4. The Kier molecular flexibility index (Phi) is 5.02. The van der Waals surface area contributed by atoms with Gasteiger partial charge in [-0.3, -0.25) is 14.9 Å². The fourth-order valence-corrected chi connectivity index (χ4v) is 3.51. The lowest BCUT2D eigenvalue weighted by atomic mass is 10.1. The van der Waals surface area contributed by atoms with Gasteiger partial charge in [0, 0.05) is 48.1 Å². The highest BCUT2D eigenvalue weighted by Crippen LogP contribution is 2.22. The standard InChI is InChI=1S/C20H17N5OS/c26-19(15-5-3-14(4-6-15)18-8-11-23-25-18)22-10-7-17-13-27-20(24-17)16-2-1-9-21-12-16/h1-6,8-9,11-13H,7,10H2,(H,22,26)(H,23,25). The van der Waals surface area contributed by atoms with E-state index >= 15 is 0 Å². The van der Waals surface area contributed by atoms with E-state index in [1.54, 1.807) is 29.9 Å². The van der Waals surface area contributed by atoms with Crippen molar-refractivity contribution in [1.82, 2.24) is 25.5 Å². The number of rotatable bonds is 6. The summed E-state index contributed by atoms with van der Waals surface area (Å²) in [6, 6.07) is 13.2. The van der Waals surface area contributed by atoms with Crippen LogP contribution in [-0.2, 0) is 6.42 Å². The number of hydrogen-bond acceptors (Lipinski definition) is 5. The van der Waals surface area contributed by atoms with Gasteiger partial charge in [0.05, 0.1) is 11.4 Å². The monoisotopic (exact) mass is 375 g/mol. The molecule has 1 aromatic carbocycles. The minimum atomic E-state index is -0.0890. The molecule has 0 atom stereocenters. The van der Waals surface area contributed by atoms with E-state index in [0.717, 1.165) is 27.5 Å². The third kappa shape index (κ3) is 4.09. The third-order valence-corrected chi connectivity index (χ3v) is 5.03. The fraction of sp³-hybridized carbons (Fsp3) is 0.100. The van der Waals surface area contributed by atoms with Gasteiger partial charge in [-0.2, -0.15) is 5.10 Å². The third-order valence-electron chi connectivity index (χ3n) is 4.09. The lowest BCUT2D eigenvalue weighted by Gasteiger charge is -2.05. The Bertz CT molecular complexity index is 1010. The summed E-state index contributed by atoms with van der Waals surface area (Å²) in [5, 5.41) is 12.8. The van der Waals surface area contributed by atoms with Crippen LogP contribution in [0.5, 0.6) is 0 Å². The summed E-state index contributed by atoms with van der Waals surface area (Å²) >= 11 is 1.59. The van der Waals surface area contributed by atoms with Crippen molar-refractivity contribution in [2.24, 2.45) is 0 Å². The highest BCUT2D eigenvalue weighted by atomic mass is 32.1. The molecule has 134 valence electrons. The van der Waals surface area contributed by atoms with Gasteiger partial charge in [0.1, 0.15) is 5.01 Å². The Morgan fingerprint density at radius 3 is 2.70 bits per heavy atom. The summed E-state index contributed by atoms with van der Waals surface area (Å²) in [7, 11) is 0. The molecule has 6 nitrogen and oxygen atoms in total. The first-order valence-electron chi connectivity index (χ1n) is 8.52. The lowest BCUT2D eigenvalue weighted by molar-refractivity contribution is 0.0954. The number of thiazole rings is 1. The molecule has 1 amide bonds. The maximum atomic E-state index is 12.3. The highest BCUT2D eigenvalue weighted by Gasteiger charge is 2.08. The topological polar surface area (TPSA) is 83.6 Å². The maximum absolute atomic E-state index is 12.3. The largest absolute Gasteiger partial charge is 0.352 e. The Hall–Kier alpha value is -3.32. The van der Waals surface area contributed by atoms with Crippen LogP contribution in [0.4, 0.5) is 0 Å². The van der Waals surface area contributed by atoms with Crippen molar-refractivity contribution < 1.29 is 4.79 Å². The van der Waals surface area contributed by atoms with Crippen LogP contribution in [-0.4, -0.2) is 32.6 Å². The van der Waals surface area contributed by atoms with Gasteiger partial charge in [0.25, 0.3) is 5.91 Å². The van der Waals surface area contributed by atoms with Crippen LogP contribution >= 0.6 is 11.3 Å². The average Bonchev–Trinajstić information content (AvgIpc) is 3.41. The second-order valence-electron chi connectivity index (χ2n) is 5.94. The smallest absolute Gasteiger partial charge is 0.251 e. The van der Waals surface area contributed by atoms with E-state index in [2.05, 4.69) is 25.5 Å². The van der Waals surface area contributed by atoms with Gasteiger partial charge < -0.3 is 5.32 Å². The first kappa shape index (κ1) is 17.1. The van der Waals surface area contributed by atoms with Crippen LogP contribution in [0.1, 0.15) is 16.1 Å².